The highest BCUT2D eigenvalue weighted by Crippen LogP contribution is 2.33. The Labute approximate surface area is 170 Å². The number of nitrogens with zero attached hydrogens (tertiary/aromatic N) is 1. The number of unbranched alkanes of at least 4 members (excludes halogenated alkanes) is 6. The number of aromatic nitrogens is 1. The molecule has 0 saturated heterocycles. The molecular formula is C26H35NO. The molecule has 1 heterocycles. The van der Waals surface area contributed by atoms with Gasteiger partial charge in [-0.25, -0.2) is 4.98 Å². The summed E-state index contributed by atoms with van der Waals surface area (Å²) in [4.78, 5) is 4.86. The predicted molar refractivity (Wildman–Crippen MR) is 120 cm³/mol. The Morgan fingerprint density at radius 3 is 1.96 bits per heavy atom. The molecule has 150 valence electrons. The van der Waals surface area contributed by atoms with Crippen molar-refractivity contribution in [2.24, 2.45) is 0 Å². The van der Waals surface area contributed by atoms with Crippen LogP contribution in [0.25, 0.3) is 22.6 Å². The summed E-state index contributed by atoms with van der Waals surface area (Å²) < 4.78 is 6.22. The molecule has 0 radical (unpaired) electrons. The normalized spacial score (nSPS) is 11.4. The van der Waals surface area contributed by atoms with E-state index in [0.717, 1.165) is 29.8 Å². The standard InChI is InChI=1S/C26H35NO/c1-4-6-8-10-14-21-18-20(3)19-22(15-11-9-7-5-2)25(21)26-27-23-16-12-13-17-24(23)28-26/h12-13,16-19H,4-11,14-15H2,1-3H3. The van der Waals surface area contributed by atoms with E-state index < -0.39 is 0 Å². The Hall–Kier alpha value is -2.09. The zero-order valence-electron chi connectivity index (χ0n) is 17.9. The minimum absolute atomic E-state index is 0.803. The summed E-state index contributed by atoms with van der Waals surface area (Å²) in [6.45, 7) is 6.76. The quantitative estimate of drug-likeness (QED) is 0.316. The molecule has 0 aliphatic heterocycles. The Bertz CT molecular complexity index is 811. The molecule has 0 aliphatic rings. The van der Waals surface area contributed by atoms with Crippen molar-refractivity contribution < 1.29 is 4.42 Å². The molecule has 3 aromatic rings. The van der Waals surface area contributed by atoms with Crippen LogP contribution in [0.1, 0.15) is 81.9 Å². The van der Waals surface area contributed by atoms with Crippen LogP contribution in [0.2, 0.25) is 0 Å². The van der Waals surface area contributed by atoms with Gasteiger partial charge in [-0.3, -0.25) is 0 Å². The predicted octanol–water partition coefficient (Wildman–Crippen LogP) is 8.05. The fourth-order valence-electron chi connectivity index (χ4n) is 4.07. The molecule has 0 saturated carbocycles. The van der Waals surface area contributed by atoms with Crippen molar-refractivity contribution in [1.82, 2.24) is 4.98 Å². The third-order valence-corrected chi connectivity index (χ3v) is 5.55. The van der Waals surface area contributed by atoms with Crippen molar-refractivity contribution in [3.8, 4) is 11.5 Å². The molecule has 0 N–H and O–H groups in total. The molecular weight excluding hydrogens is 342 g/mol. The van der Waals surface area contributed by atoms with E-state index in [1.165, 1.54) is 73.6 Å². The maximum absolute atomic E-state index is 6.22. The second-order valence-corrected chi connectivity index (χ2v) is 8.07. The maximum atomic E-state index is 6.22. The van der Waals surface area contributed by atoms with E-state index in [0.29, 0.717) is 0 Å². The second kappa shape index (κ2) is 10.5. The average molecular weight is 378 g/mol. The Kier molecular flexibility index (Phi) is 7.71. The lowest BCUT2D eigenvalue weighted by molar-refractivity contribution is 0.613. The van der Waals surface area contributed by atoms with Gasteiger partial charge in [-0.2, -0.15) is 0 Å². The van der Waals surface area contributed by atoms with E-state index in [1.54, 1.807) is 0 Å². The number of oxazole rings is 1. The van der Waals surface area contributed by atoms with E-state index in [1.807, 2.05) is 24.3 Å². The summed E-state index contributed by atoms with van der Waals surface area (Å²) in [5.41, 5.74) is 7.27. The fraction of sp³-hybridized carbons (Fsp3) is 0.500. The smallest absolute Gasteiger partial charge is 0.227 e. The number of benzene rings is 2. The lowest BCUT2D eigenvalue weighted by atomic mass is 9.91. The van der Waals surface area contributed by atoms with Crippen LogP contribution in [0.15, 0.2) is 40.8 Å². The fourth-order valence-corrected chi connectivity index (χ4v) is 4.07. The molecule has 0 spiro atoms. The minimum atomic E-state index is 0.803. The molecule has 1 aromatic heterocycles. The number of para-hydroxylation sites is 2. The van der Waals surface area contributed by atoms with Gasteiger partial charge in [0.15, 0.2) is 5.58 Å². The highest BCUT2D eigenvalue weighted by atomic mass is 16.3. The molecule has 3 rings (SSSR count). The van der Waals surface area contributed by atoms with Crippen LogP contribution >= 0.6 is 0 Å². The van der Waals surface area contributed by atoms with Crippen molar-refractivity contribution >= 4 is 11.1 Å². The highest BCUT2D eigenvalue weighted by Gasteiger charge is 2.17. The molecule has 0 bridgehead atoms. The van der Waals surface area contributed by atoms with Crippen LogP contribution in [0, 0.1) is 6.92 Å². The summed E-state index contributed by atoms with van der Waals surface area (Å²) >= 11 is 0. The molecule has 0 aliphatic carbocycles. The first-order chi connectivity index (χ1) is 13.7. The third kappa shape index (κ3) is 5.25. The highest BCUT2D eigenvalue weighted by molar-refractivity contribution is 5.77. The molecule has 0 amide bonds. The summed E-state index contributed by atoms with van der Waals surface area (Å²) in [5.74, 6) is 0.803. The Balaban J connectivity index is 1.96. The average Bonchev–Trinajstić information content (AvgIpc) is 3.12. The van der Waals surface area contributed by atoms with Crippen molar-refractivity contribution in [3.05, 3.63) is 53.1 Å². The maximum Gasteiger partial charge on any atom is 0.227 e. The first-order valence-electron chi connectivity index (χ1n) is 11.2. The van der Waals surface area contributed by atoms with Crippen LogP contribution in [0.4, 0.5) is 0 Å². The number of fused-ring (bicyclic) bond motifs is 1. The van der Waals surface area contributed by atoms with Crippen LogP contribution in [-0.2, 0) is 12.8 Å². The molecule has 0 fully saturated rings. The first kappa shape index (κ1) is 20.6. The van der Waals surface area contributed by atoms with Crippen LogP contribution in [-0.4, -0.2) is 4.98 Å². The zero-order valence-corrected chi connectivity index (χ0v) is 17.9. The third-order valence-electron chi connectivity index (χ3n) is 5.55. The van der Waals surface area contributed by atoms with Gasteiger partial charge in [0.05, 0.1) is 0 Å². The van der Waals surface area contributed by atoms with Crippen molar-refractivity contribution in [1.29, 1.82) is 0 Å². The molecule has 0 unspecified atom stereocenters. The SMILES string of the molecule is CCCCCCc1cc(C)cc(CCCCCC)c1-c1nc2ccccc2o1. The van der Waals surface area contributed by atoms with Gasteiger partial charge < -0.3 is 4.42 Å². The summed E-state index contributed by atoms with van der Waals surface area (Å²) in [5, 5.41) is 0. The monoisotopic (exact) mass is 377 g/mol. The number of hydrogen-bond donors (Lipinski definition) is 0. The van der Waals surface area contributed by atoms with Gasteiger partial charge in [0.1, 0.15) is 5.52 Å². The van der Waals surface area contributed by atoms with E-state index in [9.17, 15) is 0 Å². The lowest BCUT2D eigenvalue weighted by Crippen LogP contribution is -1.99. The summed E-state index contributed by atoms with van der Waals surface area (Å²) in [7, 11) is 0. The molecule has 28 heavy (non-hydrogen) atoms. The minimum Gasteiger partial charge on any atom is -0.436 e. The topological polar surface area (TPSA) is 26.0 Å². The number of hydrogen-bond acceptors (Lipinski definition) is 2. The van der Waals surface area contributed by atoms with Gasteiger partial charge in [-0.1, -0.05) is 82.2 Å². The van der Waals surface area contributed by atoms with Gasteiger partial charge in [-0.15, -0.1) is 0 Å². The van der Waals surface area contributed by atoms with Crippen LogP contribution < -0.4 is 0 Å². The van der Waals surface area contributed by atoms with Gasteiger partial charge in [0.25, 0.3) is 0 Å². The van der Waals surface area contributed by atoms with Gasteiger partial charge in [-0.05, 0) is 55.9 Å². The molecule has 2 nitrogen and oxygen atoms in total. The lowest BCUT2D eigenvalue weighted by Gasteiger charge is -2.14. The Morgan fingerprint density at radius 2 is 1.39 bits per heavy atom. The van der Waals surface area contributed by atoms with E-state index >= 15 is 0 Å². The van der Waals surface area contributed by atoms with E-state index in [4.69, 9.17) is 9.40 Å². The first-order valence-corrected chi connectivity index (χ1v) is 11.2. The Morgan fingerprint density at radius 1 is 0.786 bits per heavy atom. The molecule has 2 aromatic carbocycles. The summed E-state index contributed by atoms with van der Waals surface area (Å²) in [6.07, 6.45) is 12.5. The molecule has 2 heteroatoms. The van der Waals surface area contributed by atoms with Gasteiger partial charge in [0.2, 0.25) is 5.89 Å². The molecule has 0 atom stereocenters. The van der Waals surface area contributed by atoms with Gasteiger partial charge >= 0.3 is 0 Å². The largest absolute Gasteiger partial charge is 0.436 e. The second-order valence-electron chi connectivity index (χ2n) is 8.07. The summed E-state index contributed by atoms with van der Waals surface area (Å²) in [6, 6.07) is 12.8. The van der Waals surface area contributed by atoms with E-state index in [-0.39, 0.29) is 0 Å². The van der Waals surface area contributed by atoms with Gasteiger partial charge in [0, 0.05) is 5.56 Å². The van der Waals surface area contributed by atoms with Crippen molar-refractivity contribution in [3.63, 3.8) is 0 Å². The number of aryl methyl sites for hydroxylation is 3. The number of rotatable bonds is 11. The van der Waals surface area contributed by atoms with E-state index in [2.05, 4.69) is 32.9 Å². The van der Waals surface area contributed by atoms with Crippen LogP contribution in [0.5, 0.6) is 0 Å². The van der Waals surface area contributed by atoms with Crippen molar-refractivity contribution in [2.75, 3.05) is 0 Å². The van der Waals surface area contributed by atoms with Crippen molar-refractivity contribution in [2.45, 2.75) is 85.0 Å². The van der Waals surface area contributed by atoms with Crippen LogP contribution in [0.3, 0.4) is 0 Å². The zero-order chi connectivity index (χ0) is 19.8.